The number of hydrogen-bond acceptors (Lipinski definition) is 2. The van der Waals surface area contributed by atoms with Crippen molar-refractivity contribution in [2.75, 3.05) is 0 Å². The van der Waals surface area contributed by atoms with E-state index in [9.17, 15) is 18.0 Å². The Morgan fingerprint density at radius 1 is 1.33 bits per heavy atom. The Morgan fingerprint density at radius 3 is 2.48 bits per heavy atom. The van der Waals surface area contributed by atoms with Crippen molar-refractivity contribution < 1.29 is 23.1 Å². The predicted octanol–water partition coefficient (Wildman–Crippen LogP) is 3.83. The molecule has 0 bridgehead atoms. The minimum absolute atomic E-state index is 0.109. The SMILES string of the molecule is N#Cc1c(Br)cccc1-n1cc(C(=O)O)c(C(F)(F)F)c1. The summed E-state index contributed by atoms with van der Waals surface area (Å²) in [6, 6.07) is 6.39. The number of carboxylic acids is 1. The van der Waals surface area contributed by atoms with Crippen molar-refractivity contribution in [3.05, 3.63) is 51.8 Å². The zero-order valence-electron chi connectivity index (χ0n) is 10.1. The summed E-state index contributed by atoms with van der Waals surface area (Å²) < 4.78 is 39.9. The lowest BCUT2D eigenvalue weighted by atomic mass is 10.2. The fourth-order valence-corrected chi connectivity index (χ4v) is 2.27. The van der Waals surface area contributed by atoms with Crippen molar-refractivity contribution in [2.24, 2.45) is 0 Å². The number of benzene rings is 1. The van der Waals surface area contributed by atoms with Gasteiger partial charge in [0.25, 0.3) is 0 Å². The summed E-state index contributed by atoms with van der Waals surface area (Å²) >= 11 is 3.12. The molecule has 0 unspecified atom stereocenters. The van der Waals surface area contributed by atoms with E-state index in [0.717, 1.165) is 10.8 Å². The van der Waals surface area contributed by atoms with Gasteiger partial charge in [0, 0.05) is 16.9 Å². The number of carbonyl (C=O) groups is 1. The highest BCUT2D eigenvalue weighted by atomic mass is 79.9. The van der Waals surface area contributed by atoms with Crippen LogP contribution in [0.25, 0.3) is 5.69 Å². The van der Waals surface area contributed by atoms with Gasteiger partial charge >= 0.3 is 12.1 Å². The Kier molecular flexibility index (Phi) is 3.78. The fourth-order valence-electron chi connectivity index (χ4n) is 1.83. The first-order valence-electron chi connectivity index (χ1n) is 5.47. The Labute approximate surface area is 125 Å². The van der Waals surface area contributed by atoms with Gasteiger partial charge in [-0.15, -0.1) is 0 Å². The molecule has 1 N–H and O–H groups in total. The van der Waals surface area contributed by atoms with Gasteiger partial charge in [0.05, 0.1) is 22.4 Å². The molecule has 108 valence electrons. The molecule has 0 aliphatic heterocycles. The molecule has 4 nitrogen and oxygen atoms in total. The third kappa shape index (κ3) is 2.78. The van der Waals surface area contributed by atoms with E-state index >= 15 is 0 Å². The molecular weight excluding hydrogens is 353 g/mol. The maximum Gasteiger partial charge on any atom is 0.418 e. The predicted molar refractivity (Wildman–Crippen MR) is 70.1 cm³/mol. The third-order valence-electron chi connectivity index (χ3n) is 2.74. The fraction of sp³-hybridized carbons (Fsp3) is 0.0769. The number of hydrogen-bond donors (Lipinski definition) is 1. The molecule has 0 amide bonds. The van der Waals surface area contributed by atoms with E-state index in [-0.39, 0.29) is 11.3 Å². The Morgan fingerprint density at radius 2 is 2.00 bits per heavy atom. The highest BCUT2D eigenvalue weighted by Gasteiger charge is 2.37. The summed E-state index contributed by atoms with van der Waals surface area (Å²) in [5, 5.41) is 18.0. The smallest absolute Gasteiger partial charge is 0.418 e. The summed E-state index contributed by atoms with van der Waals surface area (Å²) in [6.07, 6.45) is -3.29. The second-order valence-corrected chi connectivity index (χ2v) is 4.90. The van der Waals surface area contributed by atoms with Gasteiger partial charge in [-0.1, -0.05) is 6.07 Å². The number of halogens is 4. The summed E-state index contributed by atoms with van der Waals surface area (Å²) in [4.78, 5) is 10.9. The van der Waals surface area contributed by atoms with Crippen molar-refractivity contribution in [1.82, 2.24) is 4.57 Å². The molecule has 0 aliphatic rings. The lowest BCUT2D eigenvalue weighted by Gasteiger charge is -2.07. The second-order valence-electron chi connectivity index (χ2n) is 4.04. The van der Waals surface area contributed by atoms with Crippen molar-refractivity contribution in [2.45, 2.75) is 6.18 Å². The van der Waals surface area contributed by atoms with E-state index in [1.54, 1.807) is 6.07 Å². The summed E-state index contributed by atoms with van der Waals surface area (Å²) in [6.45, 7) is 0. The van der Waals surface area contributed by atoms with Crippen LogP contribution < -0.4 is 0 Å². The minimum Gasteiger partial charge on any atom is -0.478 e. The van der Waals surface area contributed by atoms with Crippen molar-refractivity contribution in [3.63, 3.8) is 0 Å². The summed E-state index contributed by atoms with van der Waals surface area (Å²) in [5.41, 5.74) is -1.87. The van der Waals surface area contributed by atoms with Gasteiger partial charge in [-0.05, 0) is 28.1 Å². The van der Waals surface area contributed by atoms with Gasteiger partial charge in [0.1, 0.15) is 6.07 Å². The summed E-state index contributed by atoms with van der Waals surface area (Å²) in [5.74, 6) is -1.69. The minimum atomic E-state index is -4.79. The van der Waals surface area contributed by atoms with E-state index < -0.39 is 23.3 Å². The maximum atomic E-state index is 12.8. The van der Waals surface area contributed by atoms with Crippen LogP contribution in [0.1, 0.15) is 21.5 Å². The summed E-state index contributed by atoms with van der Waals surface area (Å²) in [7, 11) is 0. The zero-order valence-corrected chi connectivity index (χ0v) is 11.7. The quantitative estimate of drug-likeness (QED) is 0.886. The first-order chi connectivity index (χ1) is 9.75. The van der Waals surface area contributed by atoms with E-state index in [4.69, 9.17) is 10.4 Å². The second kappa shape index (κ2) is 5.26. The van der Waals surface area contributed by atoms with E-state index in [2.05, 4.69) is 15.9 Å². The molecule has 8 heteroatoms. The first kappa shape index (κ1) is 15.1. The van der Waals surface area contributed by atoms with E-state index in [0.29, 0.717) is 10.7 Å². The van der Waals surface area contributed by atoms with Crippen molar-refractivity contribution in [3.8, 4) is 11.8 Å². The van der Waals surface area contributed by atoms with Crippen molar-refractivity contribution >= 4 is 21.9 Å². The van der Waals surface area contributed by atoms with E-state index in [1.165, 1.54) is 12.1 Å². The zero-order chi connectivity index (χ0) is 15.8. The van der Waals surface area contributed by atoms with Crippen LogP contribution in [-0.2, 0) is 6.18 Å². The van der Waals surface area contributed by atoms with Gasteiger partial charge in [0.2, 0.25) is 0 Å². The molecule has 0 spiro atoms. The van der Waals surface area contributed by atoms with E-state index in [1.807, 2.05) is 6.07 Å². The Hall–Kier alpha value is -2.27. The highest BCUT2D eigenvalue weighted by molar-refractivity contribution is 9.10. The number of carboxylic acid groups (broad SMARTS) is 1. The van der Waals surface area contributed by atoms with Gasteiger partial charge in [-0.25, -0.2) is 4.79 Å². The molecule has 2 rings (SSSR count). The normalized spacial score (nSPS) is 11.2. The van der Waals surface area contributed by atoms with Crippen molar-refractivity contribution in [1.29, 1.82) is 5.26 Å². The van der Waals surface area contributed by atoms with Gasteiger partial charge in [0.15, 0.2) is 0 Å². The maximum absolute atomic E-state index is 12.8. The molecule has 1 aromatic carbocycles. The van der Waals surface area contributed by atoms with Crippen LogP contribution in [0.5, 0.6) is 0 Å². The number of alkyl halides is 3. The topological polar surface area (TPSA) is 66.0 Å². The van der Waals surface area contributed by atoms with Crippen LogP contribution in [0.3, 0.4) is 0 Å². The molecule has 0 atom stereocenters. The van der Waals surface area contributed by atoms with Crippen LogP contribution >= 0.6 is 15.9 Å². The highest BCUT2D eigenvalue weighted by Crippen LogP contribution is 2.34. The van der Waals surface area contributed by atoms with Crippen LogP contribution in [0.15, 0.2) is 35.1 Å². The average molecular weight is 359 g/mol. The molecule has 0 aliphatic carbocycles. The van der Waals surface area contributed by atoms with Crippen LogP contribution in [0.4, 0.5) is 13.2 Å². The van der Waals surface area contributed by atoms with Gasteiger partial charge < -0.3 is 9.67 Å². The third-order valence-corrected chi connectivity index (χ3v) is 3.40. The average Bonchev–Trinajstić information content (AvgIpc) is 2.83. The van der Waals surface area contributed by atoms with Crippen LogP contribution in [0.2, 0.25) is 0 Å². The molecule has 0 saturated heterocycles. The molecule has 2 aromatic rings. The lowest BCUT2D eigenvalue weighted by molar-refractivity contribution is -0.138. The first-order valence-corrected chi connectivity index (χ1v) is 6.26. The van der Waals surface area contributed by atoms with Gasteiger partial charge in [-0.3, -0.25) is 0 Å². The molecule has 21 heavy (non-hydrogen) atoms. The molecule has 0 saturated carbocycles. The largest absolute Gasteiger partial charge is 0.478 e. The molecule has 1 aromatic heterocycles. The van der Waals surface area contributed by atoms with Crippen LogP contribution in [0, 0.1) is 11.3 Å². The standard InChI is InChI=1S/C13H6BrF3N2O2/c14-10-2-1-3-11(7(10)4-18)19-5-8(12(20)21)9(6-19)13(15,16)17/h1-3,5-6H,(H,20,21). The van der Waals surface area contributed by atoms with Crippen LogP contribution in [-0.4, -0.2) is 15.6 Å². The Bertz CT molecular complexity index is 760. The lowest BCUT2D eigenvalue weighted by Crippen LogP contribution is -2.09. The number of aromatic nitrogens is 1. The number of nitrogens with zero attached hydrogens (tertiary/aromatic N) is 2. The number of rotatable bonds is 2. The number of aromatic carboxylic acids is 1. The molecule has 0 radical (unpaired) electrons. The molecule has 1 heterocycles. The monoisotopic (exact) mass is 358 g/mol. The molecule has 0 fully saturated rings. The van der Waals surface area contributed by atoms with Gasteiger partial charge in [-0.2, -0.15) is 18.4 Å². The number of nitriles is 1. The Balaban J connectivity index is 2.71. The molecular formula is C13H6BrF3N2O2.